The Morgan fingerprint density at radius 3 is 3.00 bits per heavy atom. The highest BCUT2D eigenvalue weighted by Crippen LogP contribution is 2.13. The lowest BCUT2D eigenvalue weighted by atomic mass is 10.1. The predicted molar refractivity (Wildman–Crippen MR) is 78.3 cm³/mol. The average molecular weight is 275 g/mol. The van der Waals surface area contributed by atoms with Crippen LogP contribution in [0.2, 0.25) is 0 Å². The van der Waals surface area contributed by atoms with Crippen LogP contribution in [0.3, 0.4) is 0 Å². The van der Waals surface area contributed by atoms with E-state index in [9.17, 15) is 4.79 Å². The molecule has 2 rings (SSSR count). The Morgan fingerprint density at radius 2 is 2.37 bits per heavy atom. The molecule has 4 nitrogen and oxygen atoms in total. The van der Waals surface area contributed by atoms with Gasteiger partial charge < -0.3 is 11.1 Å². The lowest BCUT2D eigenvalue weighted by Crippen LogP contribution is -2.34. The number of hydrogen-bond donors (Lipinski definition) is 2. The third kappa shape index (κ3) is 3.54. The Hall–Kier alpha value is -1.88. The Balaban J connectivity index is 2.00. The lowest BCUT2D eigenvalue weighted by Gasteiger charge is -2.14. The van der Waals surface area contributed by atoms with Crippen molar-refractivity contribution in [3.63, 3.8) is 0 Å². The number of thiophene rings is 1. The molecule has 0 radical (unpaired) electrons. The van der Waals surface area contributed by atoms with Crippen LogP contribution in [0, 0.1) is 6.92 Å². The molecule has 2 heterocycles. The van der Waals surface area contributed by atoms with E-state index in [1.807, 2.05) is 25.3 Å². The maximum atomic E-state index is 12.1. The summed E-state index contributed by atoms with van der Waals surface area (Å²) in [7, 11) is 0. The van der Waals surface area contributed by atoms with Crippen LogP contribution in [-0.4, -0.2) is 16.9 Å². The van der Waals surface area contributed by atoms with Gasteiger partial charge in [-0.2, -0.15) is 0 Å². The Bertz CT molecular complexity index is 566. The molecule has 1 atom stereocenters. The van der Waals surface area contributed by atoms with E-state index in [1.165, 1.54) is 11.1 Å². The Labute approximate surface area is 116 Å². The highest BCUT2D eigenvalue weighted by Gasteiger charge is 2.13. The number of nitrogen functional groups attached to an aromatic ring is 1. The van der Waals surface area contributed by atoms with E-state index < -0.39 is 0 Å². The van der Waals surface area contributed by atoms with E-state index in [4.69, 9.17) is 5.73 Å². The Kier molecular flexibility index (Phi) is 4.16. The smallest absolute Gasteiger partial charge is 0.255 e. The molecule has 2 aromatic heterocycles. The summed E-state index contributed by atoms with van der Waals surface area (Å²) in [5.41, 5.74) is 7.54. The number of hydrogen-bond acceptors (Lipinski definition) is 4. The molecule has 0 saturated heterocycles. The van der Waals surface area contributed by atoms with E-state index in [1.54, 1.807) is 17.4 Å². The van der Waals surface area contributed by atoms with Gasteiger partial charge in [0.2, 0.25) is 0 Å². The molecule has 0 aliphatic rings. The fourth-order valence-corrected chi connectivity index (χ4v) is 2.69. The number of carbonyl (C=O) groups excluding carboxylic acids is 1. The second-order valence-corrected chi connectivity index (χ2v) is 5.60. The molecule has 1 amide bonds. The monoisotopic (exact) mass is 275 g/mol. The molecular weight excluding hydrogens is 258 g/mol. The zero-order chi connectivity index (χ0) is 13.8. The second-order valence-electron chi connectivity index (χ2n) is 4.57. The van der Waals surface area contributed by atoms with E-state index in [-0.39, 0.29) is 11.9 Å². The van der Waals surface area contributed by atoms with Crippen molar-refractivity contribution in [2.75, 3.05) is 5.73 Å². The van der Waals surface area contributed by atoms with Crippen molar-refractivity contribution in [3.05, 3.63) is 45.9 Å². The van der Waals surface area contributed by atoms with Gasteiger partial charge in [0, 0.05) is 34.9 Å². The third-order valence-electron chi connectivity index (χ3n) is 2.78. The molecule has 2 aromatic rings. The number of aryl methyl sites for hydroxylation is 1. The van der Waals surface area contributed by atoms with Crippen LogP contribution in [0.15, 0.2) is 29.8 Å². The number of rotatable bonds is 4. The van der Waals surface area contributed by atoms with Crippen LogP contribution in [0.5, 0.6) is 0 Å². The summed E-state index contributed by atoms with van der Waals surface area (Å²) in [6.45, 7) is 3.83. The van der Waals surface area contributed by atoms with Gasteiger partial charge in [0.1, 0.15) is 0 Å². The lowest BCUT2D eigenvalue weighted by molar-refractivity contribution is 0.0941. The Morgan fingerprint density at radius 1 is 1.58 bits per heavy atom. The fourth-order valence-electron chi connectivity index (χ4n) is 1.85. The largest absolute Gasteiger partial charge is 0.398 e. The van der Waals surface area contributed by atoms with Crippen LogP contribution >= 0.6 is 11.3 Å². The van der Waals surface area contributed by atoms with Gasteiger partial charge >= 0.3 is 0 Å². The quantitative estimate of drug-likeness (QED) is 0.900. The SMILES string of the molecule is Cc1cc(N)c(C(=O)NC(C)Cc2cccs2)cn1. The van der Waals surface area contributed by atoms with Crippen molar-refractivity contribution < 1.29 is 4.79 Å². The average Bonchev–Trinajstić information content (AvgIpc) is 2.81. The summed E-state index contributed by atoms with van der Waals surface area (Å²) < 4.78 is 0. The number of nitrogens with two attached hydrogens (primary N) is 1. The molecular formula is C14H17N3OS. The normalized spacial score (nSPS) is 12.1. The summed E-state index contributed by atoms with van der Waals surface area (Å²) in [4.78, 5) is 17.4. The highest BCUT2D eigenvalue weighted by molar-refractivity contribution is 7.09. The van der Waals surface area contributed by atoms with Gasteiger partial charge in [0.05, 0.1) is 5.56 Å². The number of nitrogens with zero attached hydrogens (tertiary/aromatic N) is 1. The van der Waals surface area contributed by atoms with Gasteiger partial charge in [-0.15, -0.1) is 11.3 Å². The maximum Gasteiger partial charge on any atom is 0.255 e. The zero-order valence-electron chi connectivity index (χ0n) is 11.0. The zero-order valence-corrected chi connectivity index (χ0v) is 11.8. The first-order valence-electron chi connectivity index (χ1n) is 6.11. The van der Waals surface area contributed by atoms with E-state index in [2.05, 4.69) is 16.4 Å². The van der Waals surface area contributed by atoms with Crippen molar-refractivity contribution in [1.29, 1.82) is 0 Å². The fraction of sp³-hybridized carbons (Fsp3) is 0.286. The van der Waals surface area contributed by atoms with Gasteiger partial charge in [0.25, 0.3) is 5.91 Å². The number of carbonyl (C=O) groups is 1. The minimum absolute atomic E-state index is 0.0619. The number of nitrogens with one attached hydrogen (secondary N) is 1. The number of amides is 1. The standard InChI is InChI=1S/C14H17N3OS/c1-9-7-13(15)12(8-16-9)14(18)17-10(2)6-11-4-3-5-19-11/h3-5,7-8,10H,6H2,1-2H3,(H2,15,16)(H,17,18). The number of anilines is 1. The molecule has 0 fully saturated rings. The summed E-state index contributed by atoms with van der Waals surface area (Å²) in [5, 5.41) is 4.98. The van der Waals surface area contributed by atoms with Crippen molar-refractivity contribution in [2.24, 2.45) is 0 Å². The first-order chi connectivity index (χ1) is 9.06. The van der Waals surface area contributed by atoms with Gasteiger partial charge in [-0.05, 0) is 31.4 Å². The third-order valence-corrected chi connectivity index (χ3v) is 3.68. The number of pyridine rings is 1. The maximum absolute atomic E-state index is 12.1. The van der Waals surface area contributed by atoms with E-state index >= 15 is 0 Å². The van der Waals surface area contributed by atoms with Crippen LogP contribution in [0.4, 0.5) is 5.69 Å². The van der Waals surface area contributed by atoms with Crippen LogP contribution in [0.1, 0.15) is 27.9 Å². The molecule has 3 N–H and O–H groups in total. The summed E-state index contributed by atoms with van der Waals surface area (Å²) in [5.74, 6) is -0.172. The van der Waals surface area contributed by atoms with Crippen molar-refractivity contribution in [1.82, 2.24) is 10.3 Å². The summed E-state index contributed by atoms with van der Waals surface area (Å²) in [6, 6.07) is 5.84. The molecule has 0 spiro atoms. The number of aromatic nitrogens is 1. The second kappa shape index (κ2) is 5.84. The van der Waals surface area contributed by atoms with E-state index in [0.29, 0.717) is 11.3 Å². The minimum atomic E-state index is -0.172. The topological polar surface area (TPSA) is 68.0 Å². The highest BCUT2D eigenvalue weighted by atomic mass is 32.1. The molecule has 0 bridgehead atoms. The molecule has 0 aliphatic carbocycles. The predicted octanol–water partition coefficient (Wildman–Crippen LogP) is 2.39. The van der Waals surface area contributed by atoms with Crippen LogP contribution in [-0.2, 0) is 6.42 Å². The first-order valence-corrected chi connectivity index (χ1v) is 6.99. The molecule has 19 heavy (non-hydrogen) atoms. The summed E-state index contributed by atoms with van der Waals surface area (Å²) in [6.07, 6.45) is 2.35. The van der Waals surface area contributed by atoms with Crippen molar-refractivity contribution in [3.8, 4) is 0 Å². The molecule has 0 aromatic carbocycles. The molecule has 0 aliphatic heterocycles. The van der Waals surface area contributed by atoms with Crippen molar-refractivity contribution in [2.45, 2.75) is 26.3 Å². The van der Waals surface area contributed by atoms with Crippen LogP contribution in [0.25, 0.3) is 0 Å². The van der Waals surface area contributed by atoms with Crippen LogP contribution < -0.4 is 11.1 Å². The van der Waals surface area contributed by atoms with E-state index in [0.717, 1.165) is 12.1 Å². The van der Waals surface area contributed by atoms with Gasteiger partial charge in [-0.3, -0.25) is 9.78 Å². The van der Waals surface area contributed by atoms with Gasteiger partial charge in [0.15, 0.2) is 0 Å². The summed E-state index contributed by atoms with van der Waals surface area (Å²) >= 11 is 1.69. The molecule has 1 unspecified atom stereocenters. The van der Waals surface area contributed by atoms with Gasteiger partial charge in [-0.1, -0.05) is 6.07 Å². The minimum Gasteiger partial charge on any atom is -0.398 e. The molecule has 100 valence electrons. The van der Waals surface area contributed by atoms with Gasteiger partial charge in [-0.25, -0.2) is 0 Å². The van der Waals surface area contributed by atoms with Crippen molar-refractivity contribution >= 4 is 22.9 Å². The first kappa shape index (κ1) is 13.5. The molecule has 0 saturated carbocycles. The molecule has 5 heteroatoms.